The zero-order valence-electron chi connectivity index (χ0n) is 7.60. The molecule has 0 amide bonds. The van der Waals surface area contributed by atoms with Crippen LogP contribution in [0.15, 0.2) is 0 Å². The Kier molecular flexibility index (Phi) is 1.95. The third-order valence-corrected chi connectivity index (χ3v) is 4.86. The summed E-state index contributed by atoms with van der Waals surface area (Å²) in [4.78, 5) is 0. The van der Waals surface area contributed by atoms with Gasteiger partial charge in [0.2, 0.25) is 0 Å². The smallest absolute Gasteiger partial charge is 0.00444 e. The van der Waals surface area contributed by atoms with Gasteiger partial charge in [0, 0.05) is 5.25 Å². The molecule has 0 bridgehead atoms. The summed E-state index contributed by atoms with van der Waals surface area (Å²) in [6.07, 6.45) is 9.96. The molecule has 2 rings (SSSR count). The van der Waals surface area contributed by atoms with E-state index in [1.807, 2.05) is 0 Å². The minimum atomic E-state index is 0.884. The molecule has 0 heterocycles. The molecule has 2 saturated carbocycles. The second-order valence-corrected chi connectivity index (χ2v) is 5.66. The van der Waals surface area contributed by atoms with E-state index in [1.54, 1.807) is 25.7 Å². The van der Waals surface area contributed by atoms with Gasteiger partial charge in [-0.1, -0.05) is 6.92 Å². The normalized spacial score (nSPS) is 36.0. The van der Waals surface area contributed by atoms with Crippen LogP contribution in [0.5, 0.6) is 0 Å². The number of thioether (sulfide) groups is 1. The van der Waals surface area contributed by atoms with E-state index in [9.17, 15) is 0 Å². The molecule has 2 unspecified atom stereocenters. The van der Waals surface area contributed by atoms with Crippen LogP contribution in [0.4, 0.5) is 0 Å². The van der Waals surface area contributed by atoms with Gasteiger partial charge in [-0.3, -0.25) is 0 Å². The van der Waals surface area contributed by atoms with E-state index in [1.165, 1.54) is 6.42 Å². The Morgan fingerprint density at radius 3 is 2.55 bits per heavy atom. The summed E-state index contributed by atoms with van der Waals surface area (Å²) in [6, 6.07) is 0. The fraction of sp³-hybridized carbons (Fsp3) is 1.00. The van der Waals surface area contributed by atoms with Crippen molar-refractivity contribution in [1.82, 2.24) is 0 Å². The molecule has 0 aromatic heterocycles. The van der Waals surface area contributed by atoms with Gasteiger partial charge in [0.25, 0.3) is 0 Å². The van der Waals surface area contributed by atoms with E-state index in [2.05, 4.69) is 24.9 Å². The van der Waals surface area contributed by atoms with Crippen molar-refractivity contribution in [3.63, 3.8) is 0 Å². The van der Waals surface area contributed by atoms with Gasteiger partial charge in [-0.15, -0.1) is 0 Å². The maximum Gasteiger partial charge on any atom is 0.00444 e. The summed E-state index contributed by atoms with van der Waals surface area (Å²) in [5, 5.41) is 0.912. The summed E-state index contributed by atoms with van der Waals surface area (Å²) in [5.74, 6) is 1.05. The van der Waals surface area contributed by atoms with E-state index in [4.69, 9.17) is 0 Å². The first kappa shape index (κ1) is 7.97. The highest BCUT2D eigenvalue weighted by Crippen LogP contribution is 2.60. The molecule has 64 valence electrons. The molecule has 2 fully saturated rings. The lowest BCUT2D eigenvalue weighted by Crippen LogP contribution is -2.09. The molecule has 0 nitrogen and oxygen atoms in total. The summed E-state index contributed by atoms with van der Waals surface area (Å²) >= 11 is 2.05. The molecule has 0 saturated heterocycles. The summed E-state index contributed by atoms with van der Waals surface area (Å²) in [6.45, 7) is 2.40. The van der Waals surface area contributed by atoms with Gasteiger partial charge < -0.3 is 0 Å². The molecule has 0 aromatic carbocycles. The fourth-order valence-corrected chi connectivity index (χ4v) is 3.09. The van der Waals surface area contributed by atoms with Crippen LogP contribution in [0.2, 0.25) is 0 Å². The zero-order valence-corrected chi connectivity index (χ0v) is 8.41. The SMILES string of the molecule is CSC(C)C1CCC2(CC2)C1. The Morgan fingerprint density at radius 2 is 2.09 bits per heavy atom. The number of hydrogen-bond acceptors (Lipinski definition) is 1. The van der Waals surface area contributed by atoms with Crippen molar-refractivity contribution in [2.45, 2.75) is 44.3 Å². The van der Waals surface area contributed by atoms with Gasteiger partial charge >= 0.3 is 0 Å². The molecule has 2 aliphatic carbocycles. The third-order valence-electron chi connectivity index (χ3n) is 3.73. The van der Waals surface area contributed by atoms with E-state index in [0.29, 0.717) is 0 Å². The first-order valence-corrected chi connectivity index (χ1v) is 6.07. The van der Waals surface area contributed by atoms with Gasteiger partial charge in [-0.2, -0.15) is 11.8 Å². The molecule has 1 spiro atoms. The van der Waals surface area contributed by atoms with E-state index in [0.717, 1.165) is 16.6 Å². The predicted octanol–water partition coefficient (Wildman–Crippen LogP) is 3.32. The zero-order chi connectivity index (χ0) is 7.90. The largest absolute Gasteiger partial charge is 0.162 e. The number of rotatable bonds is 2. The Morgan fingerprint density at radius 1 is 1.36 bits per heavy atom. The molecule has 2 atom stereocenters. The van der Waals surface area contributed by atoms with Crippen LogP contribution in [-0.4, -0.2) is 11.5 Å². The van der Waals surface area contributed by atoms with Crippen LogP contribution in [0.25, 0.3) is 0 Å². The highest BCUT2D eigenvalue weighted by molar-refractivity contribution is 7.99. The Hall–Kier alpha value is 0.350. The third kappa shape index (κ3) is 1.44. The summed E-state index contributed by atoms with van der Waals surface area (Å²) < 4.78 is 0. The molecule has 1 heteroatoms. The maximum atomic E-state index is 2.40. The highest BCUT2D eigenvalue weighted by Gasteiger charge is 2.48. The molecule has 0 aliphatic heterocycles. The van der Waals surface area contributed by atoms with Crippen molar-refractivity contribution >= 4 is 11.8 Å². The van der Waals surface area contributed by atoms with Crippen LogP contribution in [0, 0.1) is 11.3 Å². The van der Waals surface area contributed by atoms with Gasteiger partial charge in [-0.25, -0.2) is 0 Å². The van der Waals surface area contributed by atoms with E-state index in [-0.39, 0.29) is 0 Å². The Bertz CT molecular complexity index is 149. The highest BCUT2D eigenvalue weighted by atomic mass is 32.2. The van der Waals surface area contributed by atoms with Crippen LogP contribution in [-0.2, 0) is 0 Å². The van der Waals surface area contributed by atoms with Crippen LogP contribution in [0.3, 0.4) is 0 Å². The topological polar surface area (TPSA) is 0 Å². The Balaban J connectivity index is 1.88. The first-order chi connectivity index (χ1) is 5.26. The fourth-order valence-electron chi connectivity index (χ4n) is 2.48. The molecular formula is C10H18S. The van der Waals surface area contributed by atoms with Crippen LogP contribution < -0.4 is 0 Å². The second-order valence-electron chi connectivity index (χ2n) is 4.44. The quantitative estimate of drug-likeness (QED) is 0.612. The molecule has 11 heavy (non-hydrogen) atoms. The second kappa shape index (κ2) is 2.69. The lowest BCUT2D eigenvalue weighted by molar-refractivity contribution is 0.476. The monoisotopic (exact) mass is 170 g/mol. The van der Waals surface area contributed by atoms with Crippen molar-refractivity contribution in [1.29, 1.82) is 0 Å². The average molecular weight is 170 g/mol. The Labute approximate surface area is 74.1 Å². The van der Waals surface area contributed by atoms with Crippen molar-refractivity contribution in [2.75, 3.05) is 6.26 Å². The minimum absolute atomic E-state index is 0.884. The van der Waals surface area contributed by atoms with Gasteiger partial charge in [0.1, 0.15) is 0 Å². The van der Waals surface area contributed by atoms with Gasteiger partial charge in [0.15, 0.2) is 0 Å². The lowest BCUT2D eigenvalue weighted by Gasteiger charge is -2.16. The molecule has 2 aliphatic rings. The molecular weight excluding hydrogens is 152 g/mol. The van der Waals surface area contributed by atoms with Crippen LogP contribution >= 0.6 is 11.8 Å². The maximum absolute atomic E-state index is 2.40. The minimum Gasteiger partial charge on any atom is -0.162 e. The summed E-state index contributed by atoms with van der Waals surface area (Å²) in [7, 11) is 0. The molecule has 0 aromatic rings. The van der Waals surface area contributed by atoms with Crippen molar-refractivity contribution in [2.24, 2.45) is 11.3 Å². The average Bonchev–Trinajstić information content (AvgIpc) is 2.61. The molecule has 0 N–H and O–H groups in total. The van der Waals surface area contributed by atoms with Gasteiger partial charge in [0.05, 0.1) is 0 Å². The van der Waals surface area contributed by atoms with Crippen molar-refractivity contribution in [3.8, 4) is 0 Å². The van der Waals surface area contributed by atoms with Crippen LogP contribution in [0.1, 0.15) is 39.0 Å². The summed E-state index contributed by atoms with van der Waals surface area (Å²) in [5.41, 5.74) is 0.884. The van der Waals surface area contributed by atoms with E-state index >= 15 is 0 Å². The lowest BCUT2D eigenvalue weighted by atomic mass is 10.0. The standard InChI is InChI=1S/C10H18S/c1-8(11-2)9-3-4-10(7-9)5-6-10/h8-9H,3-7H2,1-2H3. The van der Waals surface area contributed by atoms with Crippen molar-refractivity contribution in [3.05, 3.63) is 0 Å². The number of hydrogen-bond donors (Lipinski definition) is 0. The van der Waals surface area contributed by atoms with Crippen molar-refractivity contribution < 1.29 is 0 Å². The van der Waals surface area contributed by atoms with Gasteiger partial charge in [-0.05, 0) is 49.7 Å². The van der Waals surface area contributed by atoms with E-state index < -0.39 is 0 Å². The first-order valence-electron chi connectivity index (χ1n) is 4.79. The molecule has 0 radical (unpaired) electrons. The predicted molar refractivity (Wildman–Crippen MR) is 52.0 cm³/mol.